The first-order valence-corrected chi connectivity index (χ1v) is 12.1. The predicted octanol–water partition coefficient (Wildman–Crippen LogP) is 3.98. The van der Waals surface area contributed by atoms with Crippen LogP contribution in [0.2, 0.25) is 5.02 Å². The first-order chi connectivity index (χ1) is 16.0. The molecule has 176 valence electrons. The highest BCUT2D eigenvalue weighted by Gasteiger charge is 2.31. The van der Waals surface area contributed by atoms with Crippen molar-refractivity contribution in [3.8, 4) is 5.75 Å². The van der Waals surface area contributed by atoms with Gasteiger partial charge in [-0.3, -0.25) is 14.5 Å². The first-order valence-electron chi connectivity index (χ1n) is 11.7. The van der Waals surface area contributed by atoms with E-state index in [0.717, 1.165) is 32.5 Å². The van der Waals surface area contributed by atoms with Crippen LogP contribution in [0.25, 0.3) is 0 Å². The maximum Gasteiger partial charge on any atom is 0.257 e. The van der Waals surface area contributed by atoms with Crippen molar-refractivity contribution in [3.63, 3.8) is 0 Å². The zero-order chi connectivity index (χ0) is 23.2. The Morgan fingerprint density at radius 3 is 2.55 bits per heavy atom. The summed E-state index contributed by atoms with van der Waals surface area (Å²) >= 11 is 6.09. The Labute approximate surface area is 200 Å². The number of rotatable bonds is 6. The number of methoxy groups -OCH3 is 1. The monoisotopic (exact) mass is 469 g/mol. The number of benzene rings is 2. The SMILES string of the molecule is COc1ccc(Cl)cc1C(=O)N1CCC(C(=O)NC2CCCN(Cc3ccccc3)C2)CC1. The van der Waals surface area contributed by atoms with Crippen molar-refractivity contribution in [1.82, 2.24) is 15.1 Å². The lowest BCUT2D eigenvalue weighted by Gasteiger charge is -2.35. The first kappa shape index (κ1) is 23.6. The summed E-state index contributed by atoms with van der Waals surface area (Å²) in [5, 5.41) is 3.79. The van der Waals surface area contributed by atoms with Crippen molar-refractivity contribution in [2.24, 2.45) is 5.92 Å². The molecule has 1 N–H and O–H groups in total. The minimum Gasteiger partial charge on any atom is -0.496 e. The highest BCUT2D eigenvalue weighted by Crippen LogP contribution is 2.27. The third kappa shape index (κ3) is 6.06. The maximum absolute atomic E-state index is 13.0. The molecule has 0 aromatic heterocycles. The molecule has 1 unspecified atom stereocenters. The van der Waals surface area contributed by atoms with E-state index in [4.69, 9.17) is 16.3 Å². The van der Waals surface area contributed by atoms with E-state index in [1.165, 1.54) is 5.56 Å². The fourth-order valence-corrected chi connectivity index (χ4v) is 5.01. The van der Waals surface area contributed by atoms with E-state index in [1.54, 1.807) is 30.2 Å². The van der Waals surface area contributed by atoms with E-state index in [-0.39, 0.29) is 23.8 Å². The van der Waals surface area contributed by atoms with Gasteiger partial charge in [0.2, 0.25) is 5.91 Å². The molecule has 2 aliphatic rings. The summed E-state index contributed by atoms with van der Waals surface area (Å²) in [7, 11) is 1.54. The molecule has 0 radical (unpaired) electrons. The number of nitrogens with zero attached hydrogens (tertiary/aromatic N) is 2. The van der Waals surface area contributed by atoms with Gasteiger partial charge in [-0.25, -0.2) is 0 Å². The van der Waals surface area contributed by atoms with Crippen LogP contribution in [0.1, 0.15) is 41.6 Å². The predicted molar refractivity (Wildman–Crippen MR) is 130 cm³/mol. The van der Waals surface area contributed by atoms with Crippen molar-refractivity contribution in [2.45, 2.75) is 38.3 Å². The van der Waals surface area contributed by atoms with Crippen molar-refractivity contribution in [2.75, 3.05) is 33.3 Å². The molecule has 0 spiro atoms. The van der Waals surface area contributed by atoms with E-state index in [0.29, 0.717) is 42.3 Å². The Hall–Kier alpha value is -2.57. The van der Waals surface area contributed by atoms with Gasteiger partial charge >= 0.3 is 0 Å². The van der Waals surface area contributed by atoms with Gasteiger partial charge in [-0.05, 0) is 56.0 Å². The minimum atomic E-state index is -0.1000. The number of likely N-dealkylation sites (tertiary alicyclic amines) is 2. The van der Waals surface area contributed by atoms with Gasteiger partial charge in [0.1, 0.15) is 5.75 Å². The minimum absolute atomic E-state index is 0.0557. The molecule has 2 heterocycles. The van der Waals surface area contributed by atoms with Crippen molar-refractivity contribution >= 4 is 23.4 Å². The second-order valence-electron chi connectivity index (χ2n) is 8.98. The van der Waals surface area contributed by atoms with Gasteiger partial charge in [-0.1, -0.05) is 41.9 Å². The Morgan fingerprint density at radius 2 is 1.82 bits per heavy atom. The number of ether oxygens (including phenoxy) is 1. The number of halogens is 1. The van der Waals surface area contributed by atoms with Gasteiger partial charge in [-0.2, -0.15) is 0 Å². The van der Waals surface area contributed by atoms with Crippen molar-refractivity contribution in [1.29, 1.82) is 0 Å². The molecule has 0 aliphatic carbocycles. The summed E-state index contributed by atoms with van der Waals surface area (Å²) in [5.74, 6) is 0.479. The van der Waals surface area contributed by atoms with E-state index in [1.807, 2.05) is 6.07 Å². The summed E-state index contributed by atoms with van der Waals surface area (Å²) in [6, 6.07) is 15.7. The van der Waals surface area contributed by atoms with Crippen molar-refractivity contribution in [3.05, 3.63) is 64.7 Å². The lowest BCUT2D eigenvalue weighted by Crippen LogP contribution is -2.50. The molecule has 33 heavy (non-hydrogen) atoms. The number of nitrogens with one attached hydrogen (secondary N) is 1. The average Bonchev–Trinajstić information content (AvgIpc) is 2.84. The van der Waals surface area contributed by atoms with Crippen LogP contribution < -0.4 is 10.1 Å². The fraction of sp³-hybridized carbons (Fsp3) is 0.462. The molecule has 2 aromatic rings. The highest BCUT2D eigenvalue weighted by molar-refractivity contribution is 6.31. The Morgan fingerprint density at radius 1 is 1.06 bits per heavy atom. The van der Waals surface area contributed by atoms with Gasteiger partial charge in [-0.15, -0.1) is 0 Å². The number of hydrogen-bond donors (Lipinski definition) is 1. The number of carbonyl (C=O) groups excluding carboxylic acids is 2. The van der Waals surface area contributed by atoms with Crippen LogP contribution in [-0.4, -0.2) is 60.9 Å². The number of piperidine rings is 2. The second kappa shape index (κ2) is 11.0. The molecule has 4 rings (SSSR count). The van der Waals surface area contributed by atoms with E-state index in [2.05, 4.69) is 34.5 Å². The standard InChI is InChI=1S/C26H32ClN3O3/c1-33-24-10-9-21(27)16-23(24)26(32)30-14-11-20(12-15-30)25(31)28-22-8-5-13-29(18-22)17-19-6-3-2-4-7-19/h2-4,6-7,9-10,16,20,22H,5,8,11-15,17-18H2,1H3,(H,28,31). The molecule has 2 aliphatic heterocycles. The Kier molecular flexibility index (Phi) is 7.89. The number of carbonyl (C=O) groups is 2. The maximum atomic E-state index is 13.0. The topological polar surface area (TPSA) is 61.9 Å². The Bertz CT molecular complexity index is 961. The number of hydrogen-bond acceptors (Lipinski definition) is 4. The van der Waals surface area contributed by atoms with E-state index >= 15 is 0 Å². The lowest BCUT2D eigenvalue weighted by atomic mass is 9.94. The largest absolute Gasteiger partial charge is 0.496 e. The molecule has 0 bridgehead atoms. The molecule has 6 nitrogen and oxygen atoms in total. The second-order valence-corrected chi connectivity index (χ2v) is 9.42. The van der Waals surface area contributed by atoms with Crippen LogP contribution in [0, 0.1) is 5.92 Å². The van der Waals surface area contributed by atoms with Crippen LogP contribution in [0.4, 0.5) is 0 Å². The average molecular weight is 470 g/mol. The smallest absolute Gasteiger partial charge is 0.257 e. The van der Waals surface area contributed by atoms with Gasteiger partial charge < -0.3 is 15.0 Å². The van der Waals surface area contributed by atoms with Gasteiger partial charge in [0, 0.05) is 43.2 Å². The zero-order valence-corrected chi connectivity index (χ0v) is 19.9. The number of amides is 2. The molecular formula is C26H32ClN3O3. The molecule has 2 amide bonds. The van der Waals surface area contributed by atoms with Crippen molar-refractivity contribution < 1.29 is 14.3 Å². The van der Waals surface area contributed by atoms with E-state index in [9.17, 15) is 9.59 Å². The summed E-state index contributed by atoms with van der Waals surface area (Å²) < 4.78 is 5.33. The highest BCUT2D eigenvalue weighted by atomic mass is 35.5. The van der Waals surface area contributed by atoms with Crippen LogP contribution in [0.3, 0.4) is 0 Å². The zero-order valence-electron chi connectivity index (χ0n) is 19.1. The molecule has 2 aromatic carbocycles. The summed E-state index contributed by atoms with van der Waals surface area (Å²) in [6.07, 6.45) is 3.44. The molecule has 2 saturated heterocycles. The fourth-order valence-electron chi connectivity index (χ4n) is 4.84. The van der Waals surface area contributed by atoms with Crippen LogP contribution in [-0.2, 0) is 11.3 Å². The molecule has 1 atom stereocenters. The Balaban J connectivity index is 1.27. The van der Waals surface area contributed by atoms with Gasteiger partial charge in [0.25, 0.3) is 5.91 Å². The molecular weight excluding hydrogens is 438 g/mol. The molecule has 7 heteroatoms. The van der Waals surface area contributed by atoms with Crippen LogP contribution >= 0.6 is 11.6 Å². The molecule has 0 saturated carbocycles. The molecule has 2 fully saturated rings. The summed E-state index contributed by atoms with van der Waals surface area (Å²) in [4.78, 5) is 30.2. The van der Waals surface area contributed by atoms with Crippen LogP contribution in [0.15, 0.2) is 48.5 Å². The third-order valence-corrected chi connectivity index (χ3v) is 6.88. The third-order valence-electron chi connectivity index (χ3n) is 6.65. The van der Waals surface area contributed by atoms with Crippen LogP contribution in [0.5, 0.6) is 5.75 Å². The summed E-state index contributed by atoms with van der Waals surface area (Å²) in [5.41, 5.74) is 1.77. The van der Waals surface area contributed by atoms with E-state index < -0.39 is 0 Å². The summed E-state index contributed by atoms with van der Waals surface area (Å²) in [6.45, 7) is 3.97. The normalized spacial score (nSPS) is 19.8. The lowest BCUT2D eigenvalue weighted by molar-refractivity contribution is -0.127. The quantitative estimate of drug-likeness (QED) is 0.695. The van der Waals surface area contributed by atoms with Gasteiger partial charge in [0.05, 0.1) is 12.7 Å². The van der Waals surface area contributed by atoms with Gasteiger partial charge in [0.15, 0.2) is 0 Å².